The summed E-state index contributed by atoms with van der Waals surface area (Å²) in [6, 6.07) is 25.1. The molecule has 0 aliphatic carbocycles. The molecular weight excluding hydrogens is 404 g/mol. The van der Waals surface area contributed by atoms with Gasteiger partial charge >= 0.3 is 5.63 Å². The average molecular weight is 420 g/mol. The van der Waals surface area contributed by atoms with E-state index in [1.807, 2.05) is 54.6 Å². The Bertz CT molecular complexity index is 1620. The van der Waals surface area contributed by atoms with Crippen molar-refractivity contribution in [3.63, 3.8) is 0 Å². The molecule has 0 saturated carbocycles. The smallest absolute Gasteiger partial charge is 0.342 e. The summed E-state index contributed by atoms with van der Waals surface area (Å²) >= 11 is 0. The van der Waals surface area contributed by atoms with Crippen molar-refractivity contribution in [1.82, 2.24) is 0 Å². The van der Waals surface area contributed by atoms with Crippen LogP contribution in [-0.2, 0) is 0 Å². The molecule has 0 amide bonds. The molecule has 1 unspecified atom stereocenters. The molecule has 0 radical (unpaired) electrons. The van der Waals surface area contributed by atoms with Gasteiger partial charge in [-0.25, -0.2) is 4.79 Å². The van der Waals surface area contributed by atoms with Gasteiger partial charge in [-0.2, -0.15) is 0 Å². The number of benzene rings is 4. The van der Waals surface area contributed by atoms with Gasteiger partial charge in [0.15, 0.2) is 0 Å². The van der Waals surface area contributed by atoms with Crippen molar-refractivity contribution in [2.75, 3.05) is 5.32 Å². The molecule has 1 atom stereocenters. The van der Waals surface area contributed by atoms with Gasteiger partial charge in [0.1, 0.15) is 5.58 Å². The third-order valence-electron chi connectivity index (χ3n) is 6.06. The zero-order chi connectivity index (χ0) is 21.8. The molecule has 0 fully saturated rings. The van der Waals surface area contributed by atoms with E-state index in [9.17, 15) is 14.9 Å². The number of nitro groups is 1. The Morgan fingerprint density at radius 1 is 0.812 bits per heavy atom. The number of hydrogen-bond acceptors (Lipinski definition) is 5. The van der Waals surface area contributed by atoms with E-state index in [2.05, 4.69) is 5.32 Å². The number of para-hydroxylation sites is 2. The predicted molar refractivity (Wildman–Crippen MR) is 124 cm³/mol. The average Bonchev–Trinajstić information content (AvgIpc) is 2.83. The summed E-state index contributed by atoms with van der Waals surface area (Å²) in [5, 5.41) is 18.0. The van der Waals surface area contributed by atoms with Gasteiger partial charge in [0.25, 0.3) is 5.69 Å². The largest absolute Gasteiger partial charge is 0.422 e. The summed E-state index contributed by atoms with van der Waals surface area (Å²) in [6.07, 6.45) is 0. The maximum atomic E-state index is 13.3. The molecule has 5 aromatic rings. The van der Waals surface area contributed by atoms with Crippen LogP contribution in [0.1, 0.15) is 17.2 Å². The standard InChI is InChI=1S/C26H16N2O4/c29-26-24-23(18-10-4-6-12-21(18)32-26)22-16-8-2-1-7-15(16)13-14-19(22)27-25(24)17-9-3-5-11-20(17)28(30)31/h1-14,25,27H. The molecule has 0 bridgehead atoms. The molecular formula is C26H16N2O4. The Kier molecular flexibility index (Phi) is 3.89. The van der Waals surface area contributed by atoms with Crippen molar-refractivity contribution in [1.29, 1.82) is 0 Å². The SMILES string of the molecule is O=c1oc2ccccc2c2c1C(c1ccccc1[N+](=O)[O-])Nc1ccc3ccccc3c1-2. The molecule has 4 aromatic carbocycles. The highest BCUT2D eigenvalue weighted by Crippen LogP contribution is 2.48. The second-order valence-electron chi connectivity index (χ2n) is 7.78. The van der Waals surface area contributed by atoms with E-state index in [0.717, 1.165) is 33.0 Å². The minimum absolute atomic E-state index is 0.0484. The van der Waals surface area contributed by atoms with Crippen molar-refractivity contribution in [3.8, 4) is 11.1 Å². The summed E-state index contributed by atoms with van der Waals surface area (Å²) in [5.74, 6) is 0. The van der Waals surface area contributed by atoms with Gasteiger partial charge in [0.2, 0.25) is 0 Å². The number of nitrogens with zero attached hydrogens (tertiary/aromatic N) is 1. The van der Waals surface area contributed by atoms with E-state index < -0.39 is 16.6 Å². The first-order chi connectivity index (χ1) is 15.6. The number of hydrogen-bond donors (Lipinski definition) is 1. The lowest BCUT2D eigenvalue weighted by molar-refractivity contribution is -0.385. The summed E-state index contributed by atoms with van der Waals surface area (Å²) < 4.78 is 5.67. The number of rotatable bonds is 2. The first-order valence-corrected chi connectivity index (χ1v) is 10.2. The van der Waals surface area contributed by atoms with Crippen LogP contribution in [0.5, 0.6) is 0 Å². The molecule has 0 saturated heterocycles. The van der Waals surface area contributed by atoms with E-state index in [0.29, 0.717) is 16.7 Å². The van der Waals surface area contributed by atoms with Crippen LogP contribution in [0.15, 0.2) is 94.1 Å². The first-order valence-electron chi connectivity index (χ1n) is 10.2. The van der Waals surface area contributed by atoms with Gasteiger partial charge in [-0.3, -0.25) is 10.1 Å². The monoisotopic (exact) mass is 420 g/mol. The quantitative estimate of drug-likeness (QED) is 0.214. The summed E-state index contributed by atoms with van der Waals surface area (Å²) in [5.41, 5.74) is 3.19. The van der Waals surface area contributed by atoms with Gasteiger partial charge in [-0.1, -0.05) is 60.7 Å². The molecule has 1 aliphatic heterocycles. The number of nitro benzene ring substituents is 1. The lowest BCUT2D eigenvalue weighted by Crippen LogP contribution is -2.26. The predicted octanol–water partition coefficient (Wildman–Crippen LogP) is 6.04. The van der Waals surface area contributed by atoms with Crippen LogP contribution in [0, 0.1) is 10.1 Å². The van der Waals surface area contributed by atoms with Crippen molar-refractivity contribution in [3.05, 3.63) is 117 Å². The Balaban J connectivity index is 1.78. The molecule has 2 heterocycles. The minimum atomic E-state index is -0.721. The van der Waals surface area contributed by atoms with E-state index in [4.69, 9.17) is 4.42 Å². The van der Waals surface area contributed by atoms with Crippen molar-refractivity contribution in [2.45, 2.75) is 6.04 Å². The Hall–Kier alpha value is -4.45. The van der Waals surface area contributed by atoms with Crippen LogP contribution in [-0.4, -0.2) is 4.92 Å². The Labute approximate surface area is 181 Å². The minimum Gasteiger partial charge on any atom is -0.422 e. The summed E-state index contributed by atoms with van der Waals surface area (Å²) in [6.45, 7) is 0. The Morgan fingerprint density at radius 2 is 1.53 bits per heavy atom. The second-order valence-corrected chi connectivity index (χ2v) is 7.78. The van der Waals surface area contributed by atoms with Crippen LogP contribution >= 0.6 is 0 Å². The van der Waals surface area contributed by atoms with Gasteiger partial charge in [-0.05, 0) is 29.0 Å². The second kappa shape index (κ2) is 6.78. The molecule has 1 aliphatic rings. The lowest BCUT2D eigenvalue weighted by Gasteiger charge is -2.30. The normalized spacial score (nSPS) is 14.6. The van der Waals surface area contributed by atoms with Crippen LogP contribution < -0.4 is 10.9 Å². The van der Waals surface area contributed by atoms with E-state index in [1.165, 1.54) is 6.07 Å². The fourth-order valence-corrected chi connectivity index (χ4v) is 4.72. The molecule has 154 valence electrons. The maximum Gasteiger partial charge on any atom is 0.342 e. The fourth-order valence-electron chi connectivity index (χ4n) is 4.72. The van der Waals surface area contributed by atoms with Crippen molar-refractivity contribution >= 4 is 33.1 Å². The molecule has 1 aromatic heterocycles. The van der Waals surface area contributed by atoms with Gasteiger partial charge in [0, 0.05) is 28.3 Å². The molecule has 6 nitrogen and oxygen atoms in total. The third-order valence-corrected chi connectivity index (χ3v) is 6.06. The third kappa shape index (κ3) is 2.56. The topological polar surface area (TPSA) is 85.4 Å². The van der Waals surface area contributed by atoms with E-state index >= 15 is 0 Å². The van der Waals surface area contributed by atoms with E-state index in [-0.39, 0.29) is 5.69 Å². The van der Waals surface area contributed by atoms with Gasteiger partial charge in [0.05, 0.1) is 22.1 Å². The zero-order valence-electron chi connectivity index (χ0n) is 16.7. The number of nitrogens with one attached hydrogen (secondary N) is 1. The highest BCUT2D eigenvalue weighted by atomic mass is 16.6. The van der Waals surface area contributed by atoms with Crippen LogP contribution in [0.2, 0.25) is 0 Å². The Morgan fingerprint density at radius 3 is 2.38 bits per heavy atom. The summed E-state index contributed by atoms with van der Waals surface area (Å²) in [4.78, 5) is 24.7. The molecule has 6 heteroatoms. The first kappa shape index (κ1) is 18.3. The highest BCUT2D eigenvalue weighted by Gasteiger charge is 2.35. The van der Waals surface area contributed by atoms with Gasteiger partial charge < -0.3 is 9.73 Å². The van der Waals surface area contributed by atoms with Crippen molar-refractivity contribution in [2.24, 2.45) is 0 Å². The van der Waals surface area contributed by atoms with Crippen LogP contribution in [0.25, 0.3) is 32.9 Å². The van der Waals surface area contributed by atoms with E-state index in [1.54, 1.807) is 24.3 Å². The van der Waals surface area contributed by atoms with Crippen LogP contribution in [0.3, 0.4) is 0 Å². The summed E-state index contributed by atoms with van der Waals surface area (Å²) in [7, 11) is 0. The number of anilines is 1. The fraction of sp³-hybridized carbons (Fsp3) is 0.0385. The maximum absolute atomic E-state index is 13.3. The molecule has 6 rings (SSSR count). The lowest BCUT2D eigenvalue weighted by atomic mass is 9.83. The number of fused-ring (bicyclic) bond motifs is 7. The molecule has 0 spiro atoms. The molecule has 32 heavy (non-hydrogen) atoms. The van der Waals surface area contributed by atoms with Crippen LogP contribution in [0.4, 0.5) is 11.4 Å². The van der Waals surface area contributed by atoms with Crippen molar-refractivity contribution < 1.29 is 9.34 Å². The zero-order valence-corrected chi connectivity index (χ0v) is 16.7. The molecule has 1 N–H and O–H groups in total. The highest BCUT2D eigenvalue weighted by molar-refractivity contribution is 6.11. The van der Waals surface area contributed by atoms with Gasteiger partial charge in [-0.15, -0.1) is 0 Å².